The molecule has 0 radical (unpaired) electrons. The molecular formula is C25H25N5O3. The highest BCUT2D eigenvalue weighted by Gasteiger charge is 2.52. The molecule has 1 aliphatic carbocycles. The van der Waals surface area contributed by atoms with E-state index in [4.69, 9.17) is 19.9 Å². The van der Waals surface area contributed by atoms with Crippen LogP contribution < -0.4 is 10.5 Å². The SMILES string of the molecule is Nc1ncnc2c1nc1n2[C@H]2C[C@H](OCc3ccccc3)[C@@H](COCc3ccccc3)[C@H]2O1. The summed E-state index contributed by atoms with van der Waals surface area (Å²) in [5, 5.41) is 0. The molecule has 2 aliphatic rings. The van der Waals surface area contributed by atoms with Gasteiger partial charge in [0.2, 0.25) is 0 Å². The highest BCUT2D eigenvalue weighted by molar-refractivity contribution is 5.82. The van der Waals surface area contributed by atoms with E-state index >= 15 is 0 Å². The lowest BCUT2D eigenvalue weighted by atomic mass is 10.0. The average molecular weight is 444 g/mol. The molecule has 0 saturated heterocycles. The monoisotopic (exact) mass is 443 g/mol. The van der Waals surface area contributed by atoms with Crippen molar-refractivity contribution in [2.75, 3.05) is 12.3 Å². The Bertz CT molecular complexity index is 1250. The number of nitrogen functional groups attached to an aromatic ring is 1. The first-order valence-corrected chi connectivity index (χ1v) is 11.2. The van der Waals surface area contributed by atoms with Crippen molar-refractivity contribution in [1.82, 2.24) is 19.5 Å². The third-order valence-corrected chi connectivity index (χ3v) is 6.53. The minimum absolute atomic E-state index is 0.0132. The van der Waals surface area contributed by atoms with Gasteiger partial charge in [0.05, 0.1) is 32.0 Å². The summed E-state index contributed by atoms with van der Waals surface area (Å²) in [5.41, 5.74) is 9.59. The molecule has 4 aromatic rings. The van der Waals surface area contributed by atoms with Crippen molar-refractivity contribution in [2.45, 2.75) is 37.9 Å². The number of hydrogen-bond donors (Lipinski definition) is 1. The van der Waals surface area contributed by atoms with Crippen LogP contribution in [0, 0.1) is 5.92 Å². The molecule has 2 N–H and O–H groups in total. The number of benzene rings is 2. The molecule has 4 atom stereocenters. The van der Waals surface area contributed by atoms with Crippen LogP contribution in [0.3, 0.4) is 0 Å². The van der Waals surface area contributed by atoms with E-state index in [1.165, 1.54) is 6.33 Å². The van der Waals surface area contributed by atoms with Crippen molar-refractivity contribution in [1.29, 1.82) is 0 Å². The van der Waals surface area contributed by atoms with Crippen molar-refractivity contribution >= 4 is 17.0 Å². The quantitative estimate of drug-likeness (QED) is 0.467. The van der Waals surface area contributed by atoms with Gasteiger partial charge in [0.1, 0.15) is 12.4 Å². The number of imidazole rings is 1. The van der Waals surface area contributed by atoms with Gasteiger partial charge in [0.25, 0.3) is 6.01 Å². The Morgan fingerprint density at radius 1 is 0.970 bits per heavy atom. The maximum absolute atomic E-state index is 6.42. The Morgan fingerprint density at radius 2 is 1.70 bits per heavy atom. The van der Waals surface area contributed by atoms with Gasteiger partial charge in [-0.05, 0) is 17.5 Å². The topological polar surface area (TPSA) is 97.3 Å². The molecule has 6 rings (SSSR count). The van der Waals surface area contributed by atoms with Crippen LogP contribution in [0.15, 0.2) is 67.0 Å². The summed E-state index contributed by atoms with van der Waals surface area (Å²) in [5.74, 6) is 0.429. The maximum atomic E-state index is 6.42. The lowest BCUT2D eigenvalue weighted by Crippen LogP contribution is -2.33. The molecule has 0 spiro atoms. The Hall–Kier alpha value is -3.49. The van der Waals surface area contributed by atoms with E-state index in [2.05, 4.69) is 39.2 Å². The molecule has 0 amide bonds. The van der Waals surface area contributed by atoms with Gasteiger partial charge in [0, 0.05) is 5.92 Å². The zero-order valence-corrected chi connectivity index (χ0v) is 18.1. The number of anilines is 1. The van der Waals surface area contributed by atoms with Crippen LogP contribution in [-0.4, -0.2) is 38.3 Å². The normalized spacial score (nSPS) is 23.4. The van der Waals surface area contributed by atoms with Gasteiger partial charge in [-0.3, -0.25) is 4.57 Å². The summed E-state index contributed by atoms with van der Waals surface area (Å²) in [4.78, 5) is 13.1. The van der Waals surface area contributed by atoms with Gasteiger partial charge in [0.15, 0.2) is 17.0 Å². The second-order valence-electron chi connectivity index (χ2n) is 8.58. The minimum Gasteiger partial charge on any atom is -0.459 e. The van der Waals surface area contributed by atoms with Gasteiger partial charge in [-0.1, -0.05) is 60.7 Å². The Labute approximate surface area is 191 Å². The summed E-state index contributed by atoms with van der Waals surface area (Å²) in [6.45, 7) is 1.64. The summed E-state index contributed by atoms with van der Waals surface area (Å²) >= 11 is 0. The summed E-state index contributed by atoms with van der Waals surface area (Å²) in [6.07, 6.45) is 2.16. The van der Waals surface area contributed by atoms with Crippen molar-refractivity contribution in [3.05, 3.63) is 78.1 Å². The Balaban J connectivity index is 1.24. The number of rotatable bonds is 7. The van der Waals surface area contributed by atoms with Crippen LogP contribution in [0.4, 0.5) is 5.82 Å². The predicted octanol–water partition coefficient (Wildman–Crippen LogP) is 3.53. The second kappa shape index (κ2) is 8.46. The van der Waals surface area contributed by atoms with Gasteiger partial charge < -0.3 is 19.9 Å². The van der Waals surface area contributed by atoms with Crippen LogP contribution in [0.5, 0.6) is 6.01 Å². The fraction of sp³-hybridized carbons (Fsp3) is 0.320. The molecule has 33 heavy (non-hydrogen) atoms. The molecule has 8 heteroatoms. The van der Waals surface area contributed by atoms with E-state index in [0.29, 0.717) is 42.8 Å². The molecule has 1 fully saturated rings. The van der Waals surface area contributed by atoms with Crippen molar-refractivity contribution < 1.29 is 14.2 Å². The smallest absolute Gasteiger partial charge is 0.299 e. The molecule has 168 valence electrons. The van der Waals surface area contributed by atoms with Crippen LogP contribution in [0.1, 0.15) is 23.6 Å². The van der Waals surface area contributed by atoms with Crippen molar-refractivity contribution in [3.8, 4) is 6.01 Å². The number of nitrogens with two attached hydrogens (primary N) is 1. The first-order valence-electron chi connectivity index (χ1n) is 11.2. The molecule has 2 aromatic heterocycles. The molecule has 0 unspecified atom stereocenters. The first kappa shape index (κ1) is 20.1. The molecule has 3 heterocycles. The van der Waals surface area contributed by atoms with Crippen LogP contribution in [-0.2, 0) is 22.7 Å². The van der Waals surface area contributed by atoms with Gasteiger partial charge >= 0.3 is 0 Å². The zero-order valence-electron chi connectivity index (χ0n) is 18.1. The first-order chi connectivity index (χ1) is 16.3. The van der Waals surface area contributed by atoms with Gasteiger partial charge in [-0.2, -0.15) is 4.98 Å². The fourth-order valence-electron chi connectivity index (χ4n) is 4.93. The van der Waals surface area contributed by atoms with Crippen molar-refractivity contribution in [2.24, 2.45) is 5.92 Å². The number of aromatic nitrogens is 4. The van der Waals surface area contributed by atoms with Gasteiger partial charge in [-0.25, -0.2) is 9.97 Å². The Kier molecular flexibility index (Phi) is 5.16. The molecule has 1 saturated carbocycles. The lowest BCUT2D eigenvalue weighted by Gasteiger charge is -2.23. The standard InChI is InChI=1S/C25H25N5O3/c26-23-21-24(28-15-27-23)30-19-11-20(32-13-17-9-5-2-6-10-17)18(22(19)33-25(30)29-21)14-31-12-16-7-3-1-4-8-16/h1-10,15,18-20,22H,11-14H2,(H2,26,27,28)/t18-,19+,20+,22-/m1/s1. The largest absolute Gasteiger partial charge is 0.459 e. The van der Waals surface area contributed by atoms with E-state index in [1.54, 1.807) is 0 Å². The van der Waals surface area contributed by atoms with Crippen LogP contribution >= 0.6 is 0 Å². The number of hydrogen-bond acceptors (Lipinski definition) is 7. The molecule has 2 aromatic carbocycles. The number of fused-ring (bicyclic) bond motifs is 5. The van der Waals surface area contributed by atoms with Crippen LogP contribution in [0.25, 0.3) is 11.2 Å². The minimum atomic E-state index is -0.0929. The van der Waals surface area contributed by atoms with Crippen LogP contribution in [0.2, 0.25) is 0 Å². The molecular weight excluding hydrogens is 418 g/mol. The van der Waals surface area contributed by atoms with E-state index in [0.717, 1.165) is 17.5 Å². The predicted molar refractivity (Wildman–Crippen MR) is 122 cm³/mol. The second-order valence-corrected chi connectivity index (χ2v) is 8.58. The maximum Gasteiger partial charge on any atom is 0.299 e. The van der Waals surface area contributed by atoms with Gasteiger partial charge in [-0.15, -0.1) is 0 Å². The Morgan fingerprint density at radius 3 is 2.45 bits per heavy atom. The summed E-state index contributed by atoms with van der Waals surface area (Å²) in [7, 11) is 0. The number of nitrogens with zero attached hydrogens (tertiary/aromatic N) is 4. The summed E-state index contributed by atoms with van der Waals surface area (Å²) < 4.78 is 20.9. The summed E-state index contributed by atoms with van der Waals surface area (Å²) in [6, 6.07) is 21.0. The fourth-order valence-corrected chi connectivity index (χ4v) is 4.93. The highest BCUT2D eigenvalue weighted by atomic mass is 16.5. The molecule has 0 bridgehead atoms. The number of ether oxygens (including phenoxy) is 3. The third-order valence-electron chi connectivity index (χ3n) is 6.53. The van der Waals surface area contributed by atoms with E-state index in [9.17, 15) is 0 Å². The molecule has 1 aliphatic heterocycles. The molecule has 8 nitrogen and oxygen atoms in total. The zero-order chi connectivity index (χ0) is 22.2. The highest BCUT2D eigenvalue weighted by Crippen LogP contribution is 2.47. The average Bonchev–Trinajstić information content (AvgIpc) is 3.48. The van der Waals surface area contributed by atoms with E-state index in [1.807, 2.05) is 41.0 Å². The van der Waals surface area contributed by atoms with E-state index < -0.39 is 0 Å². The third kappa shape index (κ3) is 3.71. The van der Waals surface area contributed by atoms with Crippen molar-refractivity contribution in [3.63, 3.8) is 0 Å². The van der Waals surface area contributed by atoms with E-state index in [-0.39, 0.29) is 24.2 Å². The lowest BCUT2D eigenvalue weighted by molar-refractivity contribution is -0.0410.